The summed E-state index contributed by atoms with van der Waals surface area (Å²) in [5.41, 5.74) is -0.0311. The molecule has 0 bridgehead atoms. The van der Waals surface area contributed by atoms with Gasteiger partial charge in [-0.05, 0) is 18.2 Å². The summed E-state index contributed by atoms with van der Waals surface area (Å²) in [5, 5.41) is 20.5. The Labute approximate surface area is 98.1 Å². The molecule has 0 unspecified atom stereocenters. The lowest BCUT2D eigenvalue weighted by Crippen LogP contribution is -2.14. The van der Waals surface area contributed by atoms with Crippen LogP contribution in [0.5, 0.6) is 5.75 Å². The summed E-state index contributed by atoms with van der Waals surface area (Å²) in [6, 6.07) is 3.69. The molecule has 0 atom stereocenters. The van der Waals surface area contributed by atoms with Crippen LogP contribution in [0.3, 0.4) is 0 Å². The van der Waals surface area contributed by atoms with E-state index in [2.05, 4.69) is 11.2 Å². The van der Waals surface area contributed by atoms with Crippen molar-refractivity contribution in [2.45, 2.75) is 12.8 Å². The van der Waals surface area contributed by atoms with Gasteiger partial charge >= 0.3 is 5.97 Å². The molecule has 3 N–H and O–H groups in total. The topological polar surface area (TPSA) is 86.6 Å². The summed E-state index contributed by atoms with van der Waals surface area (Å²) >= 11 is 0. The van der Waals surface area contributed by atoms with E-state index >= 15 is 0 Å². The second-order valence-corrected chi connectivity index (χ2v) is 3.29. The van der Waals surface area contributed by atoms with Crippen LogP contribution in [-0.2, 0) is 4.79 Å². The lowest BCUT2D eigenvalue weighted by molar-refractivity contribution is -0.116. The van der Waals surface area contributed by atoms with Crippen LogP contribution < -0.4 is 5.32 Å². The molecule has 0 spiro atoms. The first kappa shape index (κ1) is 12.6. The molecule has 0 aliphatic heterocycles. The number of aromatic carboxylic acids is 1. The molecule has 0 fully saturated rings. The largest absolute Gasteiger partial charge is 0.508 e. The summed E-state index contributed by atoms with van der Waals surface area (Å²) in [7, 11) is 0. The minimum atomic E-state index is -1.23. The predicted octanol–water partition coefficient (Wildman–Crippen LogP) is 1.44. The summed E-state index contributed by atoms with van der Waals surface area (Å²) in [5.74, 6) is 0.544. The van der Waals surface area contributed by atoms with Crippen LogP contribution in [0.1, 0.15) is 23.2 Å². The Kier molecular flexibility index (Phi) is 4.12. The number of aromatic hydroxyl groups is 1. The van der Waals surface area contributed by atoms with E-state index in [1.165, 1.54) is 12.1 Å². The van der Waals surface area contributed by atoms with E-state index < -0.39 is 5.97 Å². The van der Waals surface area contributed by atoms with Crippen molar-refractivity contribution in [3.63, 3.8) is 0 Å². The first-order chi connectivity index (χ1) is 8.04. The molecule has 1 amide bonds. The van der Waals surface area contributed by atoms with Gasteiger partial charge in [-0.1, -0.05) is 0 Å². The van der Waals surface area contributed by atoms with Gasteiger partial charge < -0.3 is 15.5 Å². The lowest BCUT2D eigenvalue weighted by Gasteiger charge is -2.08. The molecule has 0 heterocycles. The van der Waals surface area contributed by atoms with E-state index in [4.69, 9.17) is 16.6 Å². The van der Waals surface area contributed by atoms with Crippen molar-refractivity contribution >= 4 is 17.6 Å². The molecule has 0 aliphatic carbocycles. The van der Waals surface area contributed by atoms with Gasteiger partial charge in [-0.25, -0.2) is 4.79 Å². The van der Waals surface area contributed by atoms with Gasteiger partial charge in [0.25, 0.3) is 0 Å². The monoisotopic (exact) mass is 233 g/mol. The van der Waals surface area contributed by atoms with Crippen LogP contribution in [0.25, 0.3) is 0 Å². The third kappa shape index (κ3) is 3.54. The quantitative estimate of drug-likeness (QED) is 0.542. The number of anilines is 1. The van der Waals surface area contributed by atoms with Crippen molar-refractivity contribution in [3.8, 4) is 18.1 Å². The Balaban J connectivity index is 2.87. The van der Waals surface area contributed by atoms with Gasteiger partial charge in [0.15, 0.2) is 0 Å². The maximum Gasteiger partial charge on any atom is 0.337 e. The number of carboxylic acids is 1. The van der Waals surface area contributed by atoms with Crippen LogP contribution in [0.2, 0.25) is 0 Å². The fourth-order valence-electron chi connectivity index (χ4n) is 1.22. The third-order valence-corrected chi connectivity index (χ3v) is 2.00. The number of terminal acetylenes is 1. The zero-order valence-electron chi connectivity index (χ0n) is 8.93. The molecule has 88 valence electrons. The van der Waals surface area contributed by atoms with Crippen LogP contribution in [0, 0.1) is 12.3 Å². The van der Waals surface area contributed by atoms with E-state index in [-0.39, 0.29) is 35.7 Å². The number of carboxylic acid groups (broad SMARTS) is 1. The Morgan fingerprint density at radius 1 is 1.41 bits per heavy atom. The molecule has 0 radical (unpaired) electrons. The number of phenolic OH excluding ortho intramolecular Hbond substituents is 1. The molecular weight excluding hydrogens is 222 g/mol. The normalized spacial score (nSPS) is 9.35. The first-order valence-corrected chi connectivity index (χ1v) is 4.84. The standard InChI is InChI=1S/C12H11NO4/c1-2-3-4-11(15)13-10-6-5-8(14)7-9(10)12(16)17/h1,5-7,14H,3-4H2,(H,13,15)(H,16,17). The highest BCUT2D eigenvalue weighted by atomic mass is 16.4. The molecule has 0 saturated heterocycles. The van der Waals surface area contributed by atoms with E-state index in [0.29, 0.717) is 0 Å². The number of carbonyl (C=O) groups excluding carboxylic acids is 1. The number of phenols is 1. The van der Waals surface area contributed by atoms with Crippen molar-refractivity contribution in [1.82, 2.24) is 0 Å². The van der Waals surface area contributed by atoms with E-state index in [0.717, 1.165) is 6.07 Å². The Hall–Kier alpha value is -2.48. The van der Waals surface area contributed by atoms with Crippen molar-refractivity contribution in [3.05, 3.63) is 23.8 Å². The molecule has 17 heavy (non-hydrogen) atoms. The van der Waals surface area contributed by atoms with E-state index in [1.807, 2.05) is 0 Å². The summed E-state index contributed by atoms with van der Waals surface area (Å²) < 4.78 is 0. The molecule has 0 aromatic heterocycles. The van der Waals surface area contributed by atoms with Gasteiger partial charge in [-0.15, -0.1) is 12.3 Å². The average molecular weight is 233 g/mol. The number of nitrogens with one attached hydrogen (secondary N) is 1. The van der Waals surface area contributed by atoms with Gasteiger partial charge in [0.2, 0.25) is 5.91 Å². The highest BCUT2D eigenvalue weighted by Crippen LogP contribution is 2.21. The smallest absolute Gasteiger partial charge is 0.337 e. The zero-order valence-corrected chi connectivity index (χ0v) is 8.93. The molecule has 0 aliphatic rings. The van der Waals surface area contributed by atoms with Crippen molar-refractivity contribution in [2.75, 3.05) is 5.32 Å². The van der Waals surface area contributed by atoms with Gasteiger partial charge in [-0.2, -0.15) is 0 Å². The van der Waals surface area contributed by atoms with Crippen LogP contribution in [0.15, 0.2) is 18.2 Å². The predicted molar refractivity (Wildman–Crippen MR) is 61.8 cm³/mol. The maximum absolute atomic E-state index is 11.4. The molecule has 5 nitrogen and oxygen atoms in total. The second-order valence-electron chi connectivity index (χ2n) is 3.29. The van der Waals surface area contributed by atoms with Gasteiger partial charge in [0.05, 0.1) is 11.3 Å². The van der Waals surface area contributed by atoms with Gasteiger partial charge in [0, 0.05) is 12.8 Å². The van der Waals surface area contributed by atoms with Crippen molar-refractivity contribution in [2.24, 2.45) is 0 Å². The zero-order chi connectivity index (χ0) is 12.8. The summed E-state index contributed by atoms with van der Waals surface area (Å²) in [6.07, 6.45) is 5.42. The maximum atomic E-state index is 11.4. The Bertz CT molecular complexity index is 488. The Morgan fingerprint density at radius 3 is 2.71 bits per heavy atom. The lowest BCUT2D eigenvalue weighted by atomic mass is 10.1. The second kappa shape index (κ2) is 5.56. The minimum Gasteiger partial charge on any atom is -0.508 e. The fraction of sp³-hybridized carbons (Fsp3) is 0.167. The van der Waals surface area contributed by atoms with Crippen LogP contribution >= 0.6 is 0 Å². The molecule has 1 rings (SSSR count). The number of benzene rings is 1. The highest BCUT2D eigenvalue weighted by Gasteiger charge is 2.12. The summed E-state index contributed by atoms with van der Waals surface area (Å²) in [4.78, 5) is 22.2. The summed E-state index contributed by atoms with van der Waals surface area (Å²) in [6.45, 7) is 0. The molecule has 1 aromatic rings. The number of rotatable bonds is 4. The van der Waals surface area contributed by atoms with Crippen LogP contribution in [0.4, 0.5) is 5.69 Å². The molecule has 5 heteroatoms. The SMILES string of the molecule is C#CCCC(=O)Nc1ccc(O)cc1C(=O)O. The Morgan fingerprint density at radius 2 is 2.12 bits per heavy atom. The minimum absolute atomic E-state index is 0.121. The van der Waals surface area contributed by atoms with Crippen molar-refractivity contribution < 1.29 is 19.8 Å². The first-order valence-electron chi connectivity index (χ1n) is 4.84. The average Bonchev–Trinajstić information content (AvgIpc) is 2.28. The van der Waals surface area contributed by atoms with Crippen LogP contribution in [-0.4, -0.2) is 22.1 Å². The third-order valence-electron chi connectivity index (χ3n) is 2.00. The fourth-order valence-corrected chi connectivity index (χ4v) is 1.22. The van der Waals surface area contributed by atoms with Gasteiger partial charge in [0.1, 0.15) is 5.75 Å². The molecule has 0 saturated carbocycles. The number of hydrogen-bond donors (Lipinski definition) is 3. The van der Waals surface area contributed by atoms with Gasteiger partial charge in [-0.3, -0.25) is 4.79 Å². The molecular formula is C12H11NO4. The molecule has 1 aromatic carbocycles. The van der Waals surface area contributed by atoms with E-state index in [1.54, 1.807) is 0 Å². The van der Waals surface area contributed by atoms with E-state index in [9.17, 15) is 9.59 Å². The number of hydrogen-bond acceptors (Lipinski definition) is 3. The highest BCUT2D eigenvalue weighted by molar-refractivity contribution is 6.00. The number of amides is 1. The number of carbonyl (C=O) groups is 2. The van der Waals surface area contributed by atoms with Crippen molar-refractivity contribution in [1.29, 1.82) is 0 Å².